The highest BCUT2D eigenvalue weighted by Gasteiger charge is 2.38. The molecule has 1 saturated carbocycles. The zero-order chi connectivity index (χ0) is 23.3. The summed E-state index contributed by atoms with van der Waals surface area (Å²) in [6, 6.07) is 5.04. The Balaban J connectivity index is 1.45. The smallest absolute Gasteiger partial charge is 0.262 e. The summed E-state index contributed by atoms with van der Waals surface area (Å²) in [5, 5.41) is 4.68. The molecule has 1 aliphatic heterocycles. The van der Waals surface area contributed by atoms with E-state index in [-0.39, 0.29) is 22.8 Å². The number of thioether (sulfide) groups is 1. The van der Waals surface area contributed by atoms with Gasteiger partial charge in [0.2, 0.25) is 5.91 Å². The van der Waals surface area contributed by atoms with Crippen LogP contribution in [0, 0.1) is 0 Å². The van der Waals surface area contributed by atoms with E-state index in [1.807, 2.05) is 0 Å². The van der Waals surface area contributed by atoms with Crippen molar-refractivity contribution < 1.29 is 9.53 Å². The number of benzene rings is 1. The first-order valence-electron chi connectivity index (χ1n) is 11.6. The van der Waals surface area contributed by atoms with Gasteiger partial charge in [0.25, 0.3) is 5.56 Å². The van der Waals surface area contributed by atoms with Gasteiger partial charge in [-0.2, -0.15) is 0 Å². The number of nitrogens with one attached hydrogen (secondary N) is 1. The monoisotopic (exact) mass is 490 g/mol. The molecule has 1 aromatic carbocycles. The van der Waals surface area contributed by atoms with Crippen LogP contribution in [0.25, 0.3) is 10.9 Å². The van der Waals surface area contributed by atoms with E-state index in [2.05, 4.69) is 21.8 Å². The highest BCUT2D eigenvalue weighted by Crippen LogP contribution is 2.34. The minimum Gasteiger partial charge on any atom is -0.379 e. The summed E-state index contributed by atoms with van der Waals surface area (Å²) in [6.07, 6.45) is 7.51. The van der Waals surface area contributed by atoms with E-state index >= 15 is 0 Å². The fourth-order valence-electron chi connectivity index (χ4n) is 4.87. The molecule has 2 aliphatic rings. The highest BCUT2D eigenvalue weighted by molar-refractivity contribution is 7.99. The molecule has 9 heteroatoms. The molecule has 1 amide bonds. The largest absolute Gasteiger partial charge is 0.379 e. The average molecular weight is 491 g/mol. The summed E-state index contributed by atoms with van der Waals surface area (Å²) in [4.78, 5) is 32.9. The zero-order valence-corrected chi connectivity index (χ0v) is 20.4. The van der Waals surface area contributed by atoms with Crippen molar-refractivity contribution in [3.05, 3.63) is 46.2 Å². The van der Waals surface area contributed by atoms with E-state index in [0.29, 0.717) is 34.2 Å². The SMILES string of the molecule is C=CCn1c(SCC(=O)NCC2(N3CCOCC3)CCCCC2)nc2cc(Cl)ccc2c1=O. The highest BCUT2D eigenvalue weighted by atomic mass is 35.5. The maximum Gasteiger partial charge on any atom is 0.262 e. The number of fused-ring (bicyclic) bond motifs is 1. The molecule has 0 bridgehead atoms. The predicted molar refractivity (Wildman–Crippen MR) is 133 cm³/mol. The molecule has 2 heterocycles. The molecule has 1 saturated heterocycles. The quantitative estimate of drug-likeness (QED) is 0.347. The Hall–Kier alpha value is -1.87. The number of aromatic nitrogens is 2. The number of carbonyl (C=O) groups excluding carboxylic acids is 1. The Kier molecular flexibility index (Phi) is 8.11. The maximum absolute atomic E-state index is 12.9. The molecule has 33 heavy (non-hydrogen) atoms. The predicted octanol–water partition coefficient (Wildman–Crippen LogP) is 3.48. The Labute approximate surface area is 203 Å². The summed E-state index contributed by atoms with van der Waals surface area (Å²) in [6.45, 7) is 8.07. The van der Waals surface area contributed by atoms with E-state index in [1.165, 1.54) is 31.0 Å². The van der Waals surface area contributed by atoms with Crippen LogP contribution in [0.2, 0.25) is 5.02 Å². The molecule has 0 radical (unpaired) electrons. The summed E-state index contributed by atoms with van der Waals surface area (Å²) in [5.41, 5.74) is 0.391. The molecule has 1 aromatic heterocycles. The molecular formula is C24H31ClN4O3S. The van der Waals surface area contributed by atoms with Gasteiger partial charge >= 0.3 is 0 Å². The van der Waals surface area contributed by atoms with Gasteiger partial charge in [-0.05, 0) is 31.0 Å². The Bertz CT molecular complexity index is 1060. The third kappa shape index (κ3) is 5.62. The third-order valence-corrected chi connectivity index (χ3v) is 7.82. The Morgan fingerprint density at radius 2 is 2.03 bits per heavy atom. The number of rotatable bonds is 8. The van der Waals surface area contributed by atoms with E-state index in [9.17, 15) is 9.59 Å². The van der Waals surface area contributed by atoms with Crippen LogP contribution in [0.4, 0.5) is 0 Å². The van der Waals surface area contributed by atoms with Gasteiger partial charge in [-0.15, -0.1) is 6.58 Å². The van der Waals surface area contributed by atoms with Crippen molar-refractivity contribution in [2.24, 2.45) is 0 Å². The molecule has 0 unspecified atom stereocenters. The van der Waals surface area contributed by atoms with Crippen LogP contribution in [0.5, 0.6) is 0 Å². The van der Waals surface area contributed by atoms with E-state index in [0.717, 1.165) is 39.1 Å². The normalized spacial score (nSPS) is 18.8. The molecule has 178 valence electrons. The average Bonchev–Trinajstić information content (AvgIpc) is 2.84. The maximum atomic E-state index is 12.9. The second-order valence-electron chi connectivity index (χ2n) is 8.71. The number of hydrogen-bond donors (Lipinski definition) is 1. The molecule has 0 spiro atoms. The van der Waals surface area contributed by atoms with Crippen molar-refractivity contribution in [1.82, 2.24) is 19.8 Å². The number of halogens is 1. The van der Waals surface area contributed by atoms with Gasteiger partial charge in [-0.1, -0.05) is 48.7 Å². The number of allylic oxidation sites excluding steroid dienone is 1. The lowest BCUT2D eigenvalue weighted by atomic mass is 9.79. The third-order valence-electron chi connectivity index (χ3n) is 6.61. The molecule has 1 aliphatic carbocycles. The molecule has 2 fully saturated rings. The van der Waals surface area contributed by atoms with Gasteiger partial charge in [0.15, 0.2) is 5.16 Å². The van der Waals surface area contributed by atoms with Crippen LogP contribution in [-0.2, 0) is 16.1 Å². The van der Waals surface area contributed by atoms with E-state index in [4.69, 9.17) is 16.3 Å². The number of morpholine rings is 1. The number of carbonyl (C=O) groups is 1. The van der Waals surface area contributed by atoms with Crippen molar-refractivity contribution in [2.75, 3.05) is 38.6 Å². The standard InChI is InChI=1S/C24H31ClN4O3S/c1-2-10-29-22(31)19-7-6-18(25)15-20(19)27-23(29)33-16-21(30)26-17-24(8-4-3-5-9-24)28-11-13-32-14-12-28/h2,6-7,15H,1,3-5,8-14,16-17H2,(H,26,30). The Morgan fingerprint density at radius 1 is 1.27 bits per heavy atom. The molecular weight excluding hydrogens is 460 g/mol. The van der Waals surface area contributed by atoms with E-state index in [1.54, 1.807) is 28.8 Å². The minimum atomic E-state index is -0.159. The number of hydrogen-bond acceptors (Lipinski definition) is 6. The zero-order valence-electron chi connectivity index (χ0n) is 18.9. The van der Waals surface area contributed by atoms with Gasteiger partial charge in [0.1, 0.15) is 0 Å². The molecule has 7 nitrogen and oxygen atoms in total. The van der Waals surface area contributed by atoms with Gasteiger partial charge in [-0.25, -0.2) is 4.98 Å². The first-order chi connectivity index (χ1) is 16.0. The molecule has 0 atom stereocenters. The molecule has 2 aromatic rings. The van der Waals surface area contributed by atoms with Crippen LogP contribution in [-0.4, -0.2) is 64.5 Å². The van der Waals surface area contributed by atoms with Crippen molar-refractivity contribution >= 4 is 40.2 Å². The van der Waals surface area contributed by atoms with Gasteiger partial charge in [0, 0.05) is 36.7 Å². The first-order valence-corrected chi connectivity index (χ1v) is 12.9. The van der Waals surface area contributed by atoms with Gasteiger partial charge < -0.3 is 10.1 Å². The van der Waals surface area contributed by atoms with Crippen LogP contribution in [0.15, 0.2) is 40.8 Å². The molecule has 4 rings (SSSR count). The topological polar surface area (TPSA) is 76.5 Å². The second kappa shape index (κ2) is 11.0. The summed E-state index contributed by atoms with van der Waals surface area (Å²) < 4.78 is 7.10. The van der Waals surface area contributed by atoms with Crippen LogP contribution in [0.3, 0.4) is 0 Å². The number of ether oxygens (including phenoxy) is 1. The summed E-state index contributed by atoms with van der Waals surface area (Å²) in [5.74, 6) is 0.137. The first kappa shape index (κ1) is 24.3. The van der Waals surface area contributed by atoms with Crippen LogP contribution >= 0.6 is 23.4 Å². The molecule has 1 N–H and O–H groups in total. The van der Waals surface area contributed by atoms with E-state index < -0.39 is 0 Å². The van der Waals surface area contributed by atoms with Crippen molar-refractivity contribution in [3.8, 4) is 0 Å². The lowest BCUT2D eigenvalue weighted by Gasteiger charge is -2.48. The minimum absolute atomic E-state index is 0.0191. The fourth-order valence-corrected chi connectivity index (χ4v) is 5.88. The summed E-state index contributed by atoms with van der Waals surface area (Å²) >= 11 is 7.36. The van der Waals surface area contributed by atoms with Crippen LogP contribution < -0.4 is 10.9 Å². The Morgan fingerprint density at radius 3 is 2.76 bits per heavy atom. The number of nitrogens with zero attached hydrogens (tertiary/aromatic N) is 3. The fraction of sp³-hybridized carbons (Fsp3) is 0.542. The second-order valence-corrected chi connectivity index (χ2v) is 10.1. The van der Waals surface area contributed by atoms with Gasteiger partial charge in [0.05, 0.1) is 29.9 Å². The van der Waals surface area contributed by atoms with Crippen LogP contribution in [0.1, 0.15) is 32.1 Å². The van der Waals surface area contributed by atoms with Crippen molar-refractivity contribution in [2.45, 2.75) is 49.3 Å². The van der Waals surface area contributed by atoms with Crippen molar-refractivity contribution in [3.63, 3.8) is 0 Å². The summed E-state index contributed by atoms with van der Waals surface area (Å²) in [7, 11) is 0. The van der Waals surface area contributed by atoms with Gasteiger partial charge in [-0.3, -0.25) is 19.1 Å². The number of amides is 1. The lowest BCUT2D eigenvalue weighted by molar-refractivity contribution is -0.119. The lowest BCUT2D eigenvalue weighted by Crippen LogP contribution is -2.59. The van der Waals surface area contributed by atoms with Crippen molar-refractivity contribution in [1.29, 1.82) is 0 Å².